The van der Waals surface area contributed by atoms with Gasteiger partial charge in [0.1, 0.15) is 0 Å². The first-order valence-corrected chi connectivity index (χ1v) is 19.1. The summed E-state index contributed by atoms with van der Waals surface area (Å²) in [6.07, 6.45) is 0. The third-order valence-electron chi connectivity index (χ3n) is 10.6. The zero-order valence-electron chi connectivity index (χ0n) is 28.2. The van der Waals surface area contributed by atoms with Crippen LogP contribution in [0.15, 0.2) is 188 Å². The molecule has 3 heterocycles. The lowest BCUT2D eigenvalue weighted by molar-refractivity contribution is 1.18. The fourth-order valence-electron chi connectivity index (χ4n) is 8.33. The molecule has 11 rings (SSSR count). The molecule has 0 saturated heterocycles. The van der Waals surface area contributed by atoms with Crippen molar-refractivity contribution in [3.05, 3.63) is 188 Å². The summed E-state index contributed by atoms with van der Waals surface area (Å²) in [6.45, 7) is 0. The van der Waals surface area contributed by atoms with Crippen molar-refractivity contribution in [1.29, 1.82) is 0 Å². The molecular formula is C48H32N3P. The van der Waals surface area contributed by atoms with Gasteiger partial charge in [0.05, 0.1) is 22.1 Å². The number of fused-ring (bicyclic) bond motifs is 9. The normalized spacial score (nSPS) is 12.0. The van der Waals surface area contributed by atoms with Crippen molar-refractivity contribution in [3.8, 4) is 11.4 Å². The molecule has 0 aliphatic carbocycles. The second kappa shape index (κ2) is 11.6. The van der Waals surface area contributed by atoms with Crippen molar-refractivity contribution >= 4 is 89.3 Å². The van der Waals surface area contributed by atoms with Crippen LogP contribution in [0, 0.1) is 0 Å². The van der Waals surface area contributed by atoms with E-state index in [1.165, 1.54) is 70.3 Å². The largest absolute Gasteiger partial charge is 0.355 e. The summed E-state index contributed by atoms with van der Waals surface area (Å²) in [5, 5.41) is 11.6. The highest BCUT2D eigenvalue weighted by Gasteiger charge is 2.20. The number of H-pyrrole nitrogens is 1. The summed E-state index contributed by atoms with van der Waals surface area (Å²) in [4.78, 5) is 3.71. The molecule has 3 aromatic heterocycles. The standard InChI is InChI=1S/C48H32N3P/c1-3-13-34(14-4-1)52(35-15-5-2-6-16-35)36-25-28-48-42(31-36)39-19-9-12-22-47(39)51(48)33-24-27-44-41(30-33)40-29-32(23-26-43(40)49-44)50-45-20-10-7-17-37(45)38-18-8-11-21-46(38)50/h1-31,49H. The van der Waals surface area contributed by atoms with Gasteiger partial charge in [-0.05, 0) is 90.6 Å². The number of aromatic amines is 1. The lowest BCUT2D eigenvalue weighted by atomic mass is 10.1. The van der Waals surface area contributed by atoms with Crippen LogP contribution in [-0.4, -0.2) is 14.1 Å². The van der Waals surface area contributed by atoms with E-state index >= 15 is 0 Å². The van der Waals surface area contributed by atoms with Crippen molar-refractivity contribution < 1.29 is 0 Å². The second-order valence-corrected chi connectivity index (χ2v) is 15.7. The summed E-state index contributed by atoms with van der Waals surface area (Å²) in [6, 6.07) is 69.0. The molecule has 0 amide bonds. The van der Waals surface area contributed by atoms with Crippen LogP contribution < -0.4 is 15.9 Å². The predicted molar refractivity (Wildman–Crippen MR) is 223 cm³/mol. The van der Waals surface area contributed by atoms with Gasteiger partial charge in [0.2, 0.25) is 0 Å². The van der Waals surface area contributed by atoms with Crippen LogP contribution in [-0.2, 0) is 0 Å². The number of aromatic nitrogens is 3. The fourth-order valence-corrected chi connectivity index (χ4v) is 10.6. The zero-order valence-corrected chi connectivity index (χ0v) is 29.1. The molecule has 0 saturated carbocycles. The quantitative estimate of drug-likeness (QED) is 0.175. The van der Waals surface area contributed by atoms with Crippen LogP contribution in [0.25, 0.3) is 76.8 Å². The van der Waals surface area contributed by atoms with Crippen LogP contribution >= 0.6 is 7.92 Å². The van der Waals surface area contributed by atoms with E-state index in [0.717, 1.165) is 22.4 Å². The van der Waals surface area contributed by atoms with Crippen LogP contribution in [0.3, 0.4) is 0 Å². The first kappa shape index (κ1) is 29.3. The Morgan fingerprint density at radius 2 is 0.731 bits per heavy atom. The second-order valence-electron chi connectivity index (χ2n) is 13.5. The Morgan fingerprint density at radius 3 is 1.23 bits per heavy atom. The van der Waals surface area contributed by atoms with Crippen molar-refractivity contribution in [2.45, 2.75) is 0 Å². The minimum Gasteiger partial charge on any atom is -0.355 e. The molecule has 0 fully saturated rings. The van der Waals surface area contributed by atoms with Gasteiger partial charge in [0.25, 0.3) is 0 Å². The monoisotopic (exact) mass is 681 g/mol. The third-order valence-corrected chi connectivity index (χ3v) is 13.0. The number of nitrogens with zero attached hydrogens (tertiary/aromatic N) is 2. The molecule has 52 heavy (non-hydrogen) atoms. The summed E-state index contributed by atoms with van der Waals surface area (Å²) >= 11 is 0. The molecular weight excluding hydrogens is 650 g/mol. The predicted octanol–water partition coefficient (Wildman–Crippen LogP) is 11.3. The third kappa shape index (κ3) is 4.43. The maximum absolute atomic E-state index is 3.71. The minimum absolute atomic E-state index is 0.714. The number of hydrogen-bond donors (Lipinski definition) is 1. The van der Waals surface area contributed by atoms with E-state index in [-0.39, 0.29) is 0 Å². The number of rotatable bonds is 5. The Labute approximate surface area is 301 Å². The molecule has 1 N–H and O–H groups in total. The van der Waals surface area contributed by atoms with Gasteiger partial charge in [-0.3, -0.25) is 0 Å². The van der Waals surface area contributed by atoms with Crippen LogP contribution in [0.2, 0.25) is 0 Å². The maximum Gasteiger partial charge on any atom is 0.0541 e. The Hall–Kier alpha value is -6.41. The highest BCUT2D eigenvalue weighted by Crippen LogP contribution is 2.39. The van der Waals surface area contributed by atoms with E-state index in [2.05, 4.69) is 202 Å². The number of hydrogen-bond acceptors (Lipinski definition) is 0. The van der Waals surface area contributed by atoms with Crippen LogP contribution in [0.4, 0.5) is 0 Å². The van der Waals surface area contributed by atoms with E-state index in [9.17, 15) is 0 Å². The number of para-hydroxylation sites is 3. The van der Waals surface area contributed by atoms with Gasteiger partial charge in [-0.2, -0.15) is 0 Å². The topological polar surface area (TPSA) is 25.6 Å². The Balaban J connectivity index is 1.10. The molecule has 0 aliphatic rings. The Morgan fingerprint density at radius 1 is 0.308 bits per heavy atom. The molecule has 0 spiro atoms. The zero-order chi connectivity index (χ0) is 34.2. The summed E-state index contributed by atoms with van der Waals surface area (Å²) in [7, 11) is -0.714. The summed E-state index contributed by atoms with van der Waals surface area (Å²) in [5.41, 5.74) is 9.45. The Bertz CT molecular complexity index is 3040. The van der Waals surface area contributed by atoms with E-state index < -0.39 is 7.92 Å². The number of nitrogens with one attached hydrogen (secondary N) is 1. The average Bonchev–Trinajstić information content (AvgIpc) is 3.86. The van der Waals surface area contributed by atoms with Gasteiger partial charge in [-0.25, -0.2) is 0 Å². The van der Waals surface area contributed by atoms with E-state index in [4.69, 9.17) is 0 Å². The summed E-state index contributed by atoms with van der Waals surface area (Å²) in [5.74, 6) is 0. The van der Waals surface area contributed by atoms with Crippen molar-refractivity contribution in [2.24, 2.45) is 0 Å². The molecule has 4 heteroatoms. The molecule has 0 bridgehead atoms. The molecule has 244 valence electrons. The summed E-state index contributed by atoms with van der Waals surface area (Å²) < 4.78 is 4.84. The lowest BCUT2D eigenvalue weighted by Gasteiger charge is -2.19. The van der Waals surface area contributed by atoms with Crippen LogP contribution in [0.5, 0.6) is 0 Å². The van der Waals surface area contributed by atoms with Gasteiger partial charge in [0, 0.05) is 54.7 Å². The van der Waals surface area contributed by atoms with E-state index in [1.54, 1.807) is 0 Å². The molecule has 11 aromatic rings. The van der Waals surface area contributed by atoms with Gasteiger partial charge in [0.15, 0.2) is 0 Å². The smallest absolute Gasteiger partial charge is 0.0541 e. The highest BCUT2D eigenvalue weighted by atomic mass is 31.1. The van der Waals surface area contributed by atoms with Crippen molar-refractivity contribution in [1.82, 2.24) is 14.1 Å². The lowest BCUT2D eigenvalue weighted by Crippen LogP contribution is -2.20. The molecule has 0 unspecified atom stereocenters. The number of benzene rings is 8. The first-order chi connectivity index (χ1) is 25.8. The average molecular weight is 682 g/mol. The van der Waals surface area contributed by atoms with E-state index in [0.29, 0.717) is 0 Å². The SMILES string of the molecule is c1ccc(P(c2ccccc2)c2ccc3c(c2)c2ccccc2n3-c2ccc3[nH]c4ccc(-n5c6ccccc6c6ccccc65)cc4c3c2)cc1. The molecule has 0 atom stereocenters. The maximum atomic E-state index is 3.71. The molecule has 0 radical (unpaired) electrons. The Kier molecular flexibility index (Phi) is 6.52. The molecule has 8 aromatic carbocycles. The molecule has 0 aliphatic heterocycles. The fraction of sp³-hybridized carbons (Fsp3) is 0. The van der Waals surface area contributed by atoms with Gasteiger partial charge < -0.3 is 14.1 Å². The van der Waals surface area contributed by atoms with Crippen molar-refractivity contribution in [2.75, 3.05) is 0 Å². The first-order valence-electron chi connectivity index (χ1n) is 17.8. The molecule has 3 nitrogen and oxygen atoms in total. The van der Waals surface area contributed by atoms with E-state index in [1.807, 2.05) is 0 Å². The highest BCUT2D eigenvalue weighted by molar-refractivity contribution is 7.79. The van der Waals surface area contributed by atoms with Gasteiger partial charge >= 0.3 is 0 Å². The van der Waals surface area contributed by atoms with Crippen LogP contribution in [0.1, 0.15) is 0 Å². The van der Waals surface area contributed by atoms with Gasteiger partial charge in [-0.15, -0.1) is 0 Å². The van der Waals surface area contributed by atoms with Gasteiger partial charge in [-0.1, -0.05) is 121 Å². The minimum atomic E-state index is -0.714. The van der Waals surface area contributed by atoms with Crippen molar-refractivity contribution in [3.63, 3.8) is 0 Å².